The lowest BCUT2D eigenvalue weighted by Gasteiger charge is -2.16. The van der Waals surface area contributed by atoms with E-state index in [1.165, 1.54) is 0 Å². The summed E-state index contributed by atoms with van der Waals surface area (Å²) in [6.45, 7) is 2.34. The van der Waals surface area contributed by atoms with E-state index in [0.29, 0.717) is 32.3 Å². The van der Waals surface area contributed by atoms with Crippen LogP contribution in [0.1, 0.15) is 51.9 Å². The van der Waals surface area contributed by atoms with E-state index in [0.717, 1.165) is 12.8 Å². The zero-order valence-corrected chi connectivity index (χ0v) is 13.5. The van der Waals surface area contributed by atoms with Crippen LogP contribution in [0.5, 0.6) is 0 Å². The Bertz CT molecular complexity index is 491. The average Bonchev–Trinajstić information content (AvgIpc) is 2.57. The van der Waals surface area contributed by atoms with Crippen LogP contribution >= 0.6 is 0 Å². The van der Waals surface area contributed by atoms with E-state index >= 15 is 0 Å². The molecule has 0 aromatic carbocycles. The SMILES string of the molecule is CCCCOC(=O)C(CCCCC(C#N)C#N)CC(C#N)C#N. The molecule has 0 aromatic rings. The maximum absolute atomic E-state index is 12.1. The molecular formula is C17H22N4O2. The van der Waals surface area contributed by atoms with Gasteiger partial charge in [0.25, 0.3) is 0 Å². The number of rotatable bonds is 11. The Labute approximate surface area is 137 Å². The highest BCUT2D eigenvalue weighted by Crippen LogP contribution is 2.21. The molecule has 0 aliphatic heterocycles. The van der Waals surface area contributed by atoms with E-state index in [1.54, 1.807) is 0 Å². The Morgan fingerprint density at radius 3 is 2.00 bits per heavy atom. The fourth-order valence-electron chi connectivity index (χ4n) is 2.08. The van der Waals surface area contributed by atoms with Crippen LogP contribution in [0.2, 0.25) is 0 Å². The van der Waals surface area contributed by atoms with E-state index in [9.17, 15) is 4.79 Å². The highest BCUT2D eigenvalue weighted by molar-refractivity contribution is 5.72. The number of esters is 1. The molecule has 0 saturated heterocycles. The summed E-state index contributed by atoms with van der Waals surface area (Å²) in [4.78, 5) is 12.1. The van der Waals surface area contributed by atoms with Crippen molar-refractivity contribution in [1.82, 2.24) is 0 Å². The lowest BCUT2D eigenvalue weighted by Crippen LogP contribution is -2.21. The summed E-state index contributed by atoms with van der Waals surface area (Å²) in [5.74, 6) is -2.31. The lowest BCUT2D eigenvalue weighted by atomic mass is 9.91. The van der Waals surface area contributed by atoms with Crippen LogP contribution in [-0.2, 0) is 9.53 Å². The molecule has 0 N–H and O–H groups in total. The number of nitriles is 4. The molecular weight excluding hydrogens is 292 g/mol. The topological polar surface area (TPSA) is 121 Å². The molecule has 0 fully saturated rings. The summed E-state index contributed by atoms with van der Waals surface area (Å²) < 4.78 is 5.19. The van der Waals surface area contributed by atoms with Crippen molar-refractivity contribution in [3.05, 3.63) is 0 Å². The number of carbonyl (C=O) groups excluding carboxylic acids is 1. The van der Waals surface area contributed by atoms with Crippen molar-refractivity contribution in [2.75, 3.05) is 6.61 Å². The molecule has 0 bridgehead atoms. The van der Waals surface area contributed by atoms with E-state index in [-0.39, 0.29) is 12.4 Å². The first-order valence-electron chi connectivity index (χ1n) is 7.87. The number of hydrogen-bond acceptors (Lipinski definition) is 6. The first-order chi connectivity index (χ1) is 11.1. The van der Waals surface area contributed by atoms with Gasteiger partial charge < -0.3 is 4.74 Å². The van der Waals surface area contributed by atoms with Gasteiger partial charge in [0.1, 0.15) is 11.8 Å². The molecule has 1 atom stereocenters. The minimum Gasteiger partial charge on any atom is -0.465 e. The van der Waals surface area contributed by atoms with Gasteiger partial charge in [0, 0.05) is 0 Å². The molecule has 0 radical (unpaired) electrons. The van der Waals surface area contributed by atoms with Crippen LogP contribution in [0.25, 0.3) is 0 Å². The normalized spacial score (nSPS) is 11.1. The quantitative estimate of drug-likeness (QED) is 0.426. The Kier molecular flexibility index (Phi) is 11.7. The van der Waals surface area contributed by atoms with Crippen molar-refractivity contribution in [2.45, 2.75) is 51.9 Å². The molecule has 0 amide bonds. The number of carbonyl (C=O) groups is 1. The van der Waals surface area contributed by atoms with Gasteiger partial charge in [0.15, 0.2) is 0 Å². The number of hydrogen-bond donors (Lipinski definition) is 0. The minimum absolute atomic E-state index is 0.165. The van der Waals surface area contributed by atoms with Gasteiger partial charge in [-0.3, -0.25) is 4.79 Å². The van der Waals surface area contributed by atoms with Crippen LogP contribution < -0.4 is 0 Å². The molecule has 0 aliphatic carbocycles. The summed E-state index contributed by atoms with van der Waals surface area (Å²) in [7, 11) is 0. The zero-order valence-electron chi connectivity index (χ0n) is 13.5. The average molecular weight is 314 g/mol. The molecule has 0 rings (SSSR count). The third-order valence-electron chi connectivity index (χ3n) is 3.51. The van der Waals surface area contributed by atoms with Crippen molar-refractivity contribution < 1.29 is 9.53 Å². The van der Waals surface area contributed by atoms with Crippen LogP contribution in [0.3, 0.4) is 0 Å². The van der Waals surface area contributed by atoms with Gasteiger partial charge in [-0.1, -0.05) is 26.2 Å². The largest absolute Gasteiger partial charge is 0.465 e. The predicted molar refractivity (Wildman–Crippen MR) is 81.9 cm³/mol. The second-order valence-corrected chi connectivity index (χ2v) is 5.36. The summed E-state index contributed by atoms with van der Waals surface area (Å²) >= 11 is 0. The second kappa shape index (κ2) is 13.1. The fraction of sp³-hybridized carbons (Fsp3) is 0.706. The molecule has 1 unspecified atom stereocenters. The highest BCUT2D eigenvalue weighted by atomic mass is 16.5. The summed E-state index contributed by atoms with van der Waals surface area (Å²) in [5.41, 5.74) is 0. The van der Waals surface area contributed by atoms with Gasteiger partial charge in [-0.05, 0) is 25.7 Å². The Hall–Kier alpha value is -2.57. The molecule has 23 heavy (non-hydrogen) atoms. The molecule has 0 aliphatic rings. The smallest absolute Gasteiger partial charge is 0.309 e. The van der Waals surface area contributed by atoms with Gasteiger partial charge >= 0.3 is 5.97 Å². The van der Waals surface area contributed by atoms with Crippen LogP contribution in [0, 0.1) is 63.1 Å². The van der Waals surface area contributed by atoms with Gasteiger partial charge in [0.05, 0.1) is 36.8 Å². The van der Waals surface area contributed by atoms with Crippen molar-refractivity contribution in [2.24, 2.45) is 17.8 Å². The van der Waals surface area contributed by atoms with E-state index in [2.05, 4.69) is 0 Å². The second-order valence-electron chi connectivity index (χ2n) is 5.36. The van der Waals surface area contributed by atoms with Crippen LogP contribution in [0.4, 0.5) is 0 Å². The van der Waals surface area contributed by atoms with Gasteiger partial charge in [-0.2, -0.15) is 21.0 Å². The van der Waals surface area contributed by atoms with Gasteiger partial charge in [-0.15, -0.1) is 0 Å². The molecule has 0 aromatic heterocycles. The maximum atomic E-state index is 12.1. The first kappa shape index (κ1) is 20.4. The number of nitrogens with zero attached hydrogens (tertiary/aromatic N) is 4. The highest BCUT2D eigenvalue weighted by Gasteiger charge is 2.24. The van der Waals surface area contributed by atoms with E-state index in [4.69, 9.17) is 25.8 Å². The molecule has 6 heteroatoms. The van der Waals surface area contributed by atoms with Crippen LogP contribution in [0.15, 0.2) is 0 Å². The molecule has 0 saturated carbocycles. The standard InChI is InChI=1S/C17H22N4O2/c1-2-3-8-23-17(22)16(9-15(12-20)13-21)7-5-4-6-14(10-18)11-19/h14-16H,2-9H2,1H3. The third kappa shape index (κ3) is 9.13. The molecule has 0 spiro atoms. The molecule has 0 heterocycles. The minimum atomic E-state index is -0.829. The number of ether oxygens (including phenoxy) is 1. The van der Waals surface area contributed by atoms with Gasteiger partial charge in [0.2, 0.25) is 0 Å². The van der Waals surface area contributed by atoms with Crippen molar-refractivity contribution >= 4 is 5.97 Å². The fourth-order valence-corrected chi connectivity index (χ4v) is 2.08. The molecule has 122 valence electrons. The number of unbranched alkanes of at least 4 members (excludes halogenated alkanes) is 2. The predicted octanol–water partition coefficient (Wildman–Crippen LogP) is 3.22. The van der Waals surface area contributed by atoms with Crippen molar-refractivity contribution in [3.63, 3.8) is 0 Å². The van der Waals surface area contributed by atoms with Crippen molar-refractivity contribution in [1.29, 1.82) is 21.0 Å². The summed E-state index contributed by atoms with van der Waals surface area (Å²) in [6.07, 6.45) is 4.12. The summed E-state index contributed by atoms with van der Waals surface area (Å²) in [5, 5.41) is 35.2. The van der Waals surface area contributed by atoms with E-state index in [1.807, 2.05) is 31.2 Å². The lowest BCUT2D eigenvalue weighted by molar-refractivity contribution is -0.149. The Morgan fingerprint density at radius 2 is 1.48 bits per heavy atom. The zero-order chi connectivity index (χ0) is 17.5. The van der Waals surface area contributed by atoms with Crippen molar-refractivity contribution in [3.8, 4) is 24.3 Å². The first-order valence-corrected chi connectivity index (χ1v) is 7.87. The van der Waals surface area contributed by atoms with Gasteiger partial charge in [-0.25, -0.2) is 0 Å². The monoisotopic (exact) mass is 314 g/mol. The third-order valence-corrected chi connectivity index (χ3v) is 3.51. The van der Waals surface area contributed by atoms with E-state index < -0.39 is 17.8 Å². The molecule has 6 nitrogen and oxygen atoms in total. The maximum Gasteiger partial charge on any atom is 0.309 e. The Morgan fingerprint density at radius 1 is 0.913 bits per heavy atom. The van der Waals surface area contributed by atoms with Crippen LogP contribution in [-0.4, -0.2) is 12.6 Å². The Balaban J connectivity index is 4.47. The summed E-state index contributed by atoms with van der Waals surface area (Å²) in [6, 6.07) is 7.57.